The van der Waals surface area contributed by atoms with E-state index in [0.29, 0.717) is 22.0 Å². The average molecular weight is 466 g/mol. The molecule has 8 nitrogen and oxygen atoms in total. The first-order chi connectivity index (χ1) is 17.0. The minimum absolute atomic E-state index is 0.203. The Hall–Kier alpha value is -4.85. The van der Waals surface area contributed by atoms with Crippen molar-refractivity contribution in [1.82, 2.24) is 20.9 Å². The van der Waals surface area contributed by atoms with Crippen LogP contribution in [0.3, 0.4) is 0 Å². The highest BCUT2D eigenvalue weighted by Crippen LogP contribution is 2.20. The summed E-state index contributed by atoms with van der Waals surface area (Å²) in [6, 6.07) is 23.7. The number of carbonyl (C=O) groups excluding carboxylic acids is 2. The highest BCUT2D eigenvalue weighted by atomic mass is 16.2. The van der Waals surface area contributed by atoms with Crippen molar-refractivity contribution in [3.05, 3.63) is 118 Å². The summed E-state index contributed by atoms with van der Waals surface area (Å²) >= 11 is 0. The average Bonchev–Trinajstić information content (AvgIpc) is 2.91. The number of amides is 2. The summed E-state index contributed by atoms with van der Waals surface area (Å²) in [7, 11) is 0. The zero-order valence-electron chi connectivity index (χ0n) is 18.9. The Morgan fingerprint density at radius 2 is 1.54 bits per heavy atom. The van der Waals surface area contributed by atoms with E-state index in [0.717, 1.165) is 5.56 Å². The Kier molecular flexibility index (Phi) is 7.22. The molecule has 3 N–H and O–H groups in total. The topological polar surface area (TPSA) is 116 Å². The number of carbonyl (C=O) groups is 2. The van der Waals surface area contributed by atoms with Crippen LogP contribution in [0.4, 0.5) is 0 Å². The number of hydrazone groups is 1. The molecule has 1 atom stereocenters. The molecule has 35 heavy (non-hydrogen) atoms. The fourth-order valence-electron chi connectivity index (χ4n) is 3.44. The molecule has 0 saturated heterocycles. The van der Waals surface area contributed by atoms with Gasteiger partial charge in [-0.25, -0.2) is 10.5 Å². The van der Waals surface area contributed by atoms with E-state index < -0.39 is 23.4 Å². The summed E-state index contributed by atoms with van der Waals surface area (Å²) in [5, 5.41) is 14.2. The maximum atomic E-state index is 13.2. The number of H-pyrrole nitrogens is 1. The van der Waals surface area contributed by atoms with Gasteiger partial charge in [0.25, 0.3) is 17.4 Å². The minimum atomic E-state index is -1.21. The standard InChI is InChI=1S/C27H23N5O3/c1-18(16-17-19-10-4-2-5-11-19)29-32-27(35)24(28-25(33)20-12-6-3-7-13-20)23-21-14-8-9-15-22(21)26(34)31-30-23/h2-17,24H,1H3,(H,28,33)(H,31,34)(H,32,35)/b17-16+,29-18-/t24-/m0/s1. The van der Waals surface area contributed by atoms with Crippen molar-refractivity contribution in [3.63, 3.8) is 0 Å². The normalized spacial score (nSPS) is 12.4. The molecule has 0 aliphatic rings. The molecule has 1 aromatic heterocycles. The van der Waals surface area contributed by atoms with Crippen LogP contribution < -0.4 is 16.3 Å². The van der Waals surface area contributed by atoms with Gasteiger partial charge in [0.15, 0.2) is 6.04 Å². The lowest BCUT2D eigenvalue weighted by atomic mass is 10.0. The number of nitrogens with one attached hydrogen (secondary N) is 3. The van der Waals surface area contributed by atoms with Crippen LogP contribution in [0.2, 0.25) is 0 Å². The first kappa shape index (κ1) is 23.3. The highest BCUT2D eigenvalue weighted by Gasteiger charge is 2.27. The molecule has 174 valence electrons. The summed E-state index contributed by atoms with van der Waals surface area (Å²) in [6.45, 7) is 1.74. The van der Waals surface area contributed by atoms with E-state index in [1.807, 2.05) is 36.4 Å². The fourth-order valence-corrected chi connectivity index (χ4v) is 3.44. The third-order valence-electron chi connectivity index (χ3n) is 5.23. The van der Waals surface area contributed by atoms with E-state index in [-0.39, 0.29) is 5.69 Å². The van der Waals surface area contributed by atoms with Crippen LogP contribution in [0.15, 0.2) is 101 Å². The van der Waals surface area contributed by atoms with Gasteiger partial charge >= 0.3 is 0 Å². The molecule has 0 unspecified atom stereocenters. The van der Waals surface area contributed by atoms with Gasteiger partial charge in [0.05, 0.1) is 11.1 Å². The molecular weight excluding hydrogens is 442 g/mol. The smallest absolute Gasteiger partial charge is 0.272 e. The summed E-state index contributed by atoms with van der Waals surface area (Å²) < 4.78 is 0. The SMILES string of the molecule is CC(/C=C/c1ccccc1)=N/NC(=O)[C@@H](NC(=O)c1ccccc1)c1n[nH]c(=O)c2ccccc12. The molecule has 0 fully saturated rings. The van der Waals surface area contributed by atoms with Crippen molar-refractivity contribution in [1.29, 1.82) is 0 Å². The Balaban J connectivity index is 1.63. The lowest BCUT2D eigenvalue weighted by molar-refractivity contribution is -0.123. The number of nitrogens with zero attached hydrogens (tertiary/aromatic N) is 2. The number of hydrogen-bond acceptors (Lipinski definition) is 5. The van der Waals surface area contributed by atoms with Crippen LogP contribution in [0.1, 0.15) is 34.6 Å². The van der Waals surface area contributed by atoms with Gasteiger partial charge in [-0.15, -0.1) is 0 Å². The summed E-state index contributed by atoms with van der Waals surface area (Å²) in [6.07, 6.45) is 3.64. The molecular formula is C27H23N5O3. The van der Waals surface area contributed by atoms with E-state index in [4.69, 9.17) is 0 Å². The third-order valence-corrected chi connectivity index (χ3v) is 5.23. The first-order valence-electron chi connectivity index (χ1n) is 10.9. The zero-order chi connectivity index (χ0) is 24.6. The number of fused-ring (bicyclic) bond motifs is 1. The van der Waals surface area contributed by atoms with Crippen LogP contribution in [-0.4, -0.2) is 27.7 Å². The molecule has 3 aromatic carbocycles. The van der Waals surface area contributed by atoms with Gasteiger partial charge in [-0.1, -0.05) is 72.8 Å². The van der Waals surface area contributed by atoms with Gasteiger partial charge in [-0.3, -0.25) is 14.4 Å². The van der Waals surface area contributed by atoms with Crippen molar-refractivity contribution in [3.8, 4) is 0 Å². The van der Waals surface area contributed by atoms with Crippen LogP contribution in [0.5, 0.6) is 0 Å². The van der Waals surface area contributed by atoms with Crippen molar-refractivity contribution in [2.24, 2.45) is 5.10 Å². The maximum absolute atomic E-state index is 13.2. The predicted octanol–water partition coefficient (Wildman–Crippen LogP) is 3.60. The zero-order valence-corrected chi connectivity index (χ0v) is 18.9. The summed E-state index contributed by atoms with van der Waals surface area (Å²) in [4.78, 5) is 38.4. The highest BCUT2D eigenvalue weighted by molar-refractivity contribution is 6.00. The number of aromatic nitrogens is 2. The van der Waals surface area contributed by atoms with E-state index in [9.17, 15) is 14.4 Å². The van der Waals surface area contributed by atoms with Crippen molar-refractivity contribution in [2.75, 3.05) is 0 Å². The molecule has 0 aliphatic heterocycles. The van der Waals surface area contributed by atoms with Crippen LogP contribution >= 0.6 is 0 Å². The lowest BCUT2D eigenvalue weighted by Gasteiger charge is -2.18. The second kappa shape index (κ2) is 10.8. The van der Waals surface area contributed by atoms with Gasteiger partial charge in [0, 0.05) is 10.9 Å². The molecule has 0 saturated carbocycles. The number of rotatable bonds is 7. The second-order valence-electron chi connectivity index (χ2n) is 7.73. The fraction of sp³-hybridized carbons (Fsp3) is 0.0741. The van der Waals surface area contributed by atoms with E-state index in [1.54, 1.807) is 67.6 Å². The molecule has 0 radical (unpaired) electrons. The molecule has 2 amide bonds. The van der Waals surface area contributed by atoms with E-state index in [1.165, 1.54) is 0 Å². The van der Waals surface area contributed by atoms with E-state index >= 15 is 0 Å². The quantitative estimate of drug-likeness (QED) is 0.286. The van der Waals surface area contributed by atoms with Crippen molar-refractivity contribution in [2.45, 2.75) is 13.0 Å². The number of allylic oxidation sites excluding steroid dienone is 1. The Bertz CT molecular complexity index is 1460. The summed E-state index contributed by atoms with van der Waals surface area (Å²) in [5.74, 6) is -1.07. The van der Waals surface area contributed by atoms with Gasteiger partial charge in [-0.05, 0) is 36.8 Å². The monoisotopic (exact) mass is 465 g/mol. The second-order valence-corrected chi connectivity index (χ2v) is 7.73. The molecule has 1 heterocycles. The van der Waals surface area contributed by atoms with Gasteiger partial charge in [0.1, 0.15) is 5.69 Å². The maximum Gasteiger partial charge on any atom is 0.272 e. The van der Waals surface area contributed by atoms with Crippen molar-refractivity contribution >= 4 is 34.4 Å². The Morgan fingerprint density at radius 3 is 2.26 bits per heavy atom. The van der Waals surface area contributed by atoms with Gasteiger partial charge in [0.2, 0.25) is 0 Å². The predicted molar refractivity (Wildman–Crippen MR) is 136 cm³/mol. The largest absolute Gasteiger partial charge is 0.335 e. The molecule has 0 aliphatic carbocycles. The lowest BCUT2D eigenvalue weighted by Crippen LogP contribution is -2.40. The van der Waals surface area contributed by atoms with Crippen LogP contribution in [0.25, 0.3) is 16.8 Å². The van der Waals surface area contributed by atoms with Gasteiger partial charge < -0.3 is 5.32 Å². The number of aromatic amines is 1. The first-order valence-corrected chi connectivity index (χ1v) is 10.9. The van der Waals surface area contributed by atoms with Crippen LogP contribution in [-0.2, 0) is 4.79 Å². The molecule has 4 rings (SSSR count). The Labute approximate surface area is 201 Å². The molecule has 8 heteroatoms. The Morgan fingerprint density at radius 1 is 0.914 bits per heavy atom. The van der Waals surface area contributed by atoms with Crippen LogP contribution in [0, 0.1) is 0 Å². The third kappa shape index (κ3) is 5.75. The van der Waals surface area contributed by atoms with Crippen molar-refractivity contribution < 1.29 is 9.59 Å². The molecule has 0 spiro atoms. The van der Waals surface area contributed by atoms with Gasteiger partial charge in [-0.2, -0.15) is 10.2 Å². The van der Waals surface area contributed by atoms with E-state index in [2.05, 4.69) is 26.0 Å². The number of hydrogen-bond donors (Lipinski definition) is 3. The molecule has 0 bridgehead atoms. The summed E-state index contributed by atoms with van der Waals surface area (Å²) in [5.41, 5.74) is 4.24. The number of benzene rings is 3. The minimum Gasteiger partial charge on any atom is -0.335 e. The molecule has 4 aromatic rings.